The standard InChI is InChI=1S/C12H12N2OS/c1-8(12(13)15)16-11-7-6-9-4-2-3-5-10(9)14-11/h2-8H,1H3,(H2,13,15)/t8-/m0/s1. The first kappa shape index (κ1) is 11.0. The highest BCUT2D eigenvalue weighted by Gasteiger charge is 2.11. The molecule has 2 rings (SSSR count). The van der Waals surface area contributed by atoms with E-state index < -0.39 is 0 Å². The van der Waals surface area contributed by atoms with E-state index in [1.54, 1.807) is 6.92 Å². The molecule has 2 aromatic rings. The van der Waals surface area contributed by atoms with Crippen LogP contribution in [0, 0.1) is 0 Å². The molecule has 3 nitrogen and oxygen atoms in total. The fourth-order valence-electron chi connectivity index (χ4n) is 1.35. The van der Waals surface area contributed by atoms with Crippen molar-refractivity contribution in [3.8, 4) is 0 Å². The van der Waals surface area contributed by atoms with Gasteiger partial charge in [0.1, 0.15) is 0 Å². The summed E-state index contributed by atoms with van der Waals surface area (Å²) in [4.78, 5) is 15.4. The molecule has 0 unspecified atom stereocenters. The van der Waals surface area contributed by atoms with E-state index in [0.717, 1.165) is 15.9 Å². The van der Waals surface area contributed by atoms with Gasteiger partial charge in [-0.25, -0.2) is 4.98 Å². The van der Waals surface area contributed by atoms with Crippen LogP contribution in [-0.4, -0.2) is 16.1 Å². The van der Waals surface area contributed by atoms with Crippen molar-refractivity contribution < 1.29 is 4.79 Å². The van der Waals surface area contributed by atoms with E-state index in [-0.39, 0.29) is 11.2 Å². The van der Waals surface area contributed by atoms with E-state index in [1.807, 2.05) is 36.4 Å². The molecule has 2 N–H and O–H groups in total. The fourth-order valence-corrected chi connectivity index (χ4v) is 2.13. The molecule has 1 heterocycles. The van der Waals surface area contributed by atoms with Gasteiger partial charge in [0.15, 0.2) is 0 Å². The summed E-state index contributed by atoms with van der Waals surface area (Å²) in [5, 5.41) is 1.66. The molecule has 82 valence electrons. The number of para-hydroxylation sites is 1. The van der Waals surface area contributed by atoms with Crippen molar-refractivity contribution in [1.29, 1.82) is 0 Å². The number of rotatable bonds is 3. The van der Waals surface area contributed by atoms with Crippen molar-refractivity contribution in [3.63, 3.8) is 0 Å². The first-order chi connectivity index (χ1) is 7.66. The van der Waals surface area contributed by atoms with Gasteiger partial charge in [-0.05, 0) is 19.1 Å². The van der Waals surface area contributed by atoms with Crippen LogP contribution < -0.4 is 5.73 Å². The second-order valence-electron chi connectivity index (χ2n) is 3.50. The number of pyridine rings is 1. The van der Waals surface area contributed by atoms with Gasteiger partial charge in [-0.1, -0.05) is 36.0 Å². The maximum atomic E-state index is 10.9. The molecule has 4 heteroatoms. The molecule has 0 bridgehead atoms. The molecule has 0 saturated carbocycles. The van der Waals surface area contributed by atoms with Crippen LogP contribution in [0.4, 0.5) is 0 Å². The Morgan fingerprint density at radius 2 is 2.06 bits per heavy atom. The van der Waals surface area contributed by atoms with E-state index in [9.17, 15) is 4.79 Å². The fraction of sp³-hybridized carbons (Fsp3) is 0.167. The zero-order valence-corrected chi connectivity index (χ0v) is 9.70. The Hall–Kier alpha value is -1.55. The van der Waals surface area contributed by atoms with Crippen LogP contribution in [0.5, 0.6) is 0 Å². The Balaban J connectivity index is 2.29. The average molecular weight is 232 g/mol. The summed E-state index contributed by atoms with van der Waals surface area (Å²) in [7, 11) is 0. The largest absolute Gasteiger partial charge is 0.369 e. The van der Waals surface area contributed by atoms with Crippen LogP contribution in [0.15, 0.2) is 41.4 Å². The number of carbonyl (C=O) groups excluding carboxylic acids is 1. The van der Waals surface area contributed by atoms with Crippen molar-refractivity contribution in [3.05, 3.63) is 36.4 Å². The zero-order chi connectivity index (χ0) is 11.5. The van der Waals surface area contributed by atoms with Crippen LogP contribution in [0.25, 0.3) is 10.9 Å². The summed E-state index contributed by atoms with van der Waals surface area (Å²) < 4.78 is 0. The highest BCUT2D eigenvalue weighted by Crippen LogP contribution is 2.23. The molecule has 0 aliphatic rings. The number of benzene rings is 1. The third kappa shape index (κ3) is 2.33. The number of nitrogens with zero attached hydrogens (tertiary/aromatic N) is 1. The Morgan fingerprint density at radius 3 is 2.81 bits per heavy atom. The topological polar surface area (TPSA) is 56.0 Å². The number of aromatic nitrogens is 1. The van der Waals surface area contributed by atoms with Crippen molar-refractivity contribution in [2.24, 2.45) is 5.73 Å². The van der Waals surface area contributed by atoms with Crippen molar-refractivity contribution >= 4 is 28.6 Å². The molecule has 0 radical (unpaired) electrons. The normalized spacial score (nSPS) is 12.6. The van der Waals surface area contributed by atoms with E-state index in [1.165, 1.54) is 11.8 Å². The molecule has 0 fully saturated rings. The second kappa shape index (κ2) is 4.53. The summed E-state index contributed by atoms with van der Waals surface area (Å²) in [6, 6.07) is 11.8. The zero-order valence-electron chi connectivity index (χ0n) is 8.88. The molecule has 0 saturated heterocycles. The maximum absolute atomic E-state index is 10.9. The van der Waals surface area contributed by atoms with Crippen molar-refractivity contribution in [1.82, 2.24) is 4.98 Å². The Labute approximate surface area is 98.1 Å². The summed E-state index contributed by atoms with van der Waals surface area (Å²) in [5.74, 6) is -0.319. The van der Waals surface area contributed by atoms with E-state index in [2.05, 4.69) is 4.98 Å². The number of carbonyl (C=O) groups is 1. The lowest BCUT2D eigenvalue weighted by molar-refractivity contribution is -0.117. The number of fused-ring (bicyclic) bond motifs is 1. The number of amides is 1. The molecular formula is C12H12N2OS. The van der Waals surface area contributed by atoms with E-state index in [4.69, 9.17) is 5.73 Å². The van der Waals surface area contributed by atoms with Gasteiger partial charge in [-0.2, -0.15) is 0 Å². The molecule has 16 heavy (non-hydrogen) atoms. The molecule has 0 aliphatic heterocycles. The highest BCUT2D eigenvalue weighted by molar-refractivity contribution is 8.00. The van der Waals surface area contributed by atoms with E-state index >= 15 is 0 Å². The molecule has 1 aromatic carbocycles. The lowest BCUT2D eigenvalue weighted by Gasteiger charge is -2.06. The quantitative estimate of drug-likeness (QED) is 0.825. The summed E-state index contributed by atoms with van der Waals surface area (Å²) in [6.07, 6.45) is 0. The molecule has 0 spiro atoms. The second-order valence-corrected chi connectivity index (χ2v) is 4.87. The first-order valence-electron chi connectivity index (χ1n) is 4.98. The SMILES string of the molecule is C[C@H](Sc1ccc2ccccc2n1)C(N)=O. The van der Waals surface area contributed by atoms with Crippen LogP contribution in [-0.2, 0) is 4.79 Å². The minimum Gasteiger partial charge on any atom is -0.369 e. The van der Waals surface area contributed by atoms with Gasteiger partial charge in [0.2, 0.25) is 5.91 Å². The lowest BCUT2D eigenvalue weighted by atomic mass is 10.2. The van der Waals surface area contributed by atoms with Crippen LogP contribution in [0.1, 0.15) is 6.92 Å². The lowest BCUT2D eigenvalue weighted by Crippen LogP contribution is -2.22. The molecule has 1 atom stereocenters. The van der Waals surface area contributed by atoms with Gasteiger partial charge < -0.3 is 5.73 Å². The van der Waals surface area contributed by atoms with Crippen LogP contribution in [0.2, 0.25) is 0 Å². The summed E-state index contributed by atoms with van der Waals surface area (Å²) >= 11 is 1.38. The van der Waals surface area contributed by atoms with E-state index in [0.29, 0.717) is 0 Å². The van der Waals surface area contributed by atoms with Gasteiger partial charge in [-0.15, -0.1) is 0 Å². The third-order valence-corrected chi connectivity index (χ3v) is 3.33. The molecule has 1 amide bonds. The maximum Gasteiger partial charge on any atom is 0.230 e. The summed E-state index contributed by atoms with van der Waals surface area (Å²) in [5.41, 5.74) is 6.14. The predicted octanol–water partition coefficient (Wildman–Crippen LogP) is 2.20. The van der Waals surface area contributed by atoms with Crippen LogP contribution in [0.3, 0.4) is 0 Å². The first-order valence-corrected chi connectivity index (χ1v) is 5.86. The number of hydrogen-bond acceptors (Lipinski definition) is 3. The minimum absolute atomic E-state index is 0.256. The van der Waals surface area contributed by atoms with Crippen molar-refractivity contribution in [2.45, 2.75) is 17.2 Å². The predicted molar refractivity (Wildman–Crippen MR) is 66.3 cm³/mol. The molecule has 0 aliphatic carbocycles. The minimum atomic E-state index is -0.319. The van der Waals surface area contributed by atoms with Gasteiger partial charge >= 0.3 is 0 Å². The Bertz CT molecular complexity index is 527. The van der Waals surface area contributed by atoms with Gasteiger partial charge in [0, 0.05) is 5.39 Å². The van der Waals surface area contributed by atoms with Gasteiger partial charge in [0.05, 0.1) is 15.8 Å². The number of hydrogen-bond donors (Lipinski definition) is 1. The van der Waals surface area contributed by atoms with Gasteiger partial charge in [0.25, 0.3) is 0 Å². The Kier molecular flexibility index (Phi) is 3.10. The molecular weight excluding hydrogens is 220 g/mol. The smallest absolute Gasteiger partial charge is 0.230 e. The number of nitrogens with two attached hydrogens (primary N) is 1. The van der Waals surface area contributed by atoms with Crippen LogP contribution >= 0.6 is 11.8 Å². The monoisotopic (exact) mass is 232 g/mol. The highest BCUT2D eigenvalue weighted by atomic mass is 32.2. The molecule has 1 aromatic heterocycles. The van der Waals surface area contributed by atoms with Crippen molar-refractivity contribution in [2.75, 3.05) is 0 Å². The van der Waals surface area contributed by atoms with Gasteiger partial charge in [-0.3, -0.25) is 4.79 Å². The Morgan fingerprint density at radius 1 is 1.31 bits per heavy atom. The average Bonchev–Trinajstić information content (AvgIpc) is 2.28. The number of primary amides is 1. The number of thioether (sulfide) groups is 1. The summed E-state index contributed by atoms with van der Waals surface area (Å²) in [6.45, 7) is 1.78. The third-order valence-electron chi connectivity index (χ3n) is 2.27.